The van der Waals surface area contributed by atoms with Crippen LogP contribution in [-0.2, 0) is 9.53 Å². The summed E-state index contributed by atoms with van der Waals surface area (Å²) in [5.41, 5.74) is 0. The second kappa shape index (κ2) is 7.09. The van der Waals surface area contributed by atoms with E-state index in [-0.39, 0.29) is 30.3 Å². The SMILES string of the molecule is Cl.O=C(NC1CCCOC1)[C@@H]1CCCNC1. The van der Waals surface area contributed by atoms with Crippen molar-refractivity contribution in [2.75, 3.05) is 26.3 Å². The van der Waals surface area contributed by atoms with Gasteiger partial charge in [-0.1, -0.05) is 0 Å². The molecule has 2 aliphatic rings. The predicted octanol–water partition coefficient (Wildman–Crippen LogP) is 0.703. The van der Waals surface area contributed by atoms with E-state index in [9.17, 15) is 4.79 Å². The van der Waals surface area contributed by atoms with Crippen molar-refractivity contribution in [3.63, 3.8) is 0 Å². The molecule has 0 radical (unpaired) electrons. The van der Waals surface area contributed by atoms with Crippen LogP contribution < -0.4 is 10.6 Å². The average molecular weight is 249 g/mol. The molecule has 2 saturated heterocycles. The summed E-state index contributed by atoms with van der Waals surface area (Å²) in [6, 6.07) is 0.244. The molecule has 0 aromatic carbocycles. The quantitative estimate of drug-likeness (QED) is 0.757. The molecule has 0 aromatic heterocycles. The number of piperidine rings is 1. The van der Waals surface area contributed by atoms with Gasteiger partial charge in [-0.25, -0.2) is 0 Å². The lowest BCUT2D eigenvalue weighted by Gasteiger charge is -2.27. The lowest BCUT2D eigenvalue weighted by atomic mass is 9.98. The lowest BCUT2D eigenvalue weighted by Crippen LogP contribution is -2.47. The number of nitrogens with one attached hydrogen (secondary N) is 2. The summed E-state index contributed by atoms with van der Waals surface area (Å²) in [5.74, 6) is 0.373. The molecule has 0 aromatic rings. The summed E-state index contributed by atoms with van der Waals surface area (Å²) >= 11 is 0. The normalized spacial score (nSPS) is 30.2. The Bertz CT molecular complexity index is 214. The van der Waals surface area contributed by atoms with E-state index in [0.717, 1.165) is 45.4 Å². The van der Waals surface area contributed by atoms with Gasteiger partial charge in [0.15, 0.2) is 0 Å². The Morgan fingerprint density at radius 2 is 2.19 bits per heavy atom. The van der Waals surface area contributed by atoms with Crippen molar-refractivity contribution in [2.45, 2.75) is 31.7 Å². The van der Waals surface area contributed by atoms with Crippen molar-refractivity contribution in [2.24, 2.45) is 5.92 Å². The van der Waals surface area contributed by atoms with E-state index in [1.165, 1.54) is 0 Å². The Morgan fingerprint density at radius 3 is 2.81 bits per heavy atom. The van der Waals surface area contributed by atoms with Crippen molar-refractivity contribution >= 4 is 18.3 Å². The first-order chi connectivity index (χ1) is 7.36. The largest absolute Gasteiger partial charge is 0.379 e. The Kier molecular flexibility index (Phi) is 6.09. The van der Waals surface area contributed by atoms with Gasteiger partial charge in [-0.15, -0.1) is 12.4 Å². The summed E-state index contributed by atoms with van der Waals surface area (Å²) in [6.07, 6.45) is 4.26. The van der Waals surface area contributed by atoms with Crippen LogP contribution in [-0.4, -0.2) is 38.3 Å². The third-order valence-electron chi connectivity index (χ3n) is 3.17. The smallest absolute Gasteiger partial charge is 0.224 e. The van der Waals surface area contributed by atoms with Gasteiger partial charge in [0, 0.05) is 13.2 Å². The van der Waals surface area contributed by atoms with Crippen molar-refractivity contribution < 1.29 is 9.53 Å². The monoisotopic (exact) mass is 248 g/mol. The number of amides is 1. The molecule has 2 heterocycles. The molecule has 2 N–H and O–H groups in total. The highest BCUT2D eigenvalue weighted by Gasteiger charge is 2.24. The Balaban J connectivity index is 0.00000128. The second-order valence-electron chi connectivity index (χ2n) is 4.47. The molecule has 1 unspecified atom stereocenters. The number of rotatable bonds is 2. The van der Waals surface area contributed by atoms with E-state index < -0.39 is 0 Å². The third-order valence-corrected chi connectivity index (χ3v) is 3.17. The highest BCUT2D eigenvalue weighted by Crippen LogP contribution is 2.12. The Morgan fingerprint density at radius 1 is 1.31 bits per heavy atom. The second-order valence-corrected chi connectivity index (χ2v) is 4.47. The number of hydrogen-bond acceptors (Lipinski definition) is 3. The number of carbonyl (C=O) groups is 1. The minimum absolute atomic E-state index is 0. The zero-order valence-corrected chi connectivity index (χ0v) is 10.4. The third kappa shape index (κ3) is 3.92. The minimum Gasteiger partial charge on any atom is -0.379 e. The fourth-order valence-electron chi connectivity index (χ4n) is 2.25. The summed E-state index contributed by atoms with van der Waals surface area (Å²) in [6.45, 7) is 3.42. The van der Waals surface area contributed by atoms with E-state index in [1.54, 1.807) is 0 Å². The summed E-state index contributed by atoms with van der Waals surface area (Å²) in [4.78, 5) is 11.9. The van der Waals surface area contributed by atoms with E-state index >= 15 is 0 Å². The van der Waals surface area contributed by atoms with Crippen LogP contribution in [0, 0.1) is 5.92 Å². The maximum Gasteiger partial charge on any atom is 0.224 e. The van der Waals surface area contributed by atoms with Gasteiger partial charge in [-0.2, -0.15) is 0 Å². The Labute approximate surface area is 103 Å². The zero-order chi connectivity index (χ0) is 10.5. The van der Waals surface area contributed by atoms with Crippen molar-refractivity contribution in [1.82, 2.24) is 10.6 Å². The van der Waals surface area contributed by atoms with Crippen LogP contribution in [0.3, 0.4) is 0 Å². The van der Waals surface area contributed by atoms with Crippen LogP contribution in [0.15, 0.2) is 0 Å². The summed E-state index contributed by atoms with van der Waals surface area (Å²) in [7, 11) is 0. The lowest BCUT2D eigenvalue weighted by molar-refractivity contribution is -0.127. The van der Waals surface area contributed by atoms with E-state index in [2.05, 4.69) is 10.6 Å². The average Bonchev–Trinajstić information content (AvgIpc) is 2.31. The predicted molar refractivity (Wildman–Crippen MR) is 64.8 cm³/mol. The first kappa shape index (κ1) is 13.7. The van der Waals surface area contributed by atoms with Crippen LogP contribution in [0.2, 0.25) is 0 Å². The fourth-order valence-corrected chi connectivity index (χ4v) is 2.25. The summed E-state index contributed by atoms with van der Waals surface area (Å²) in [5, 5.41) is 6.35. The zero-order valence-electron chi connectivity index (χ0n) is 9.54. The first-order valence-electron chi connectivity index (χ1n) is 5.95. The van der Waals surface area contributed by atoms with Crippen molar-refractivity contribution in [3.05, 3.63) is 0 Å². The molecule has 0 saturated carbocycles. The van der Waals surface area contributed by atoms with Crippen LogP contribution in [0.25, 0.3) is 0 Å². The van der Waals surface area contributed by atoms with Crippen LogP contribution >= 0.6 is 12.4 Å². The molecule has 16 heavy (non-hydrogen) atoms. The van der Waals surface area contributed by atoms with Gasteiger partial charge >= 0.3 is 0 Å². The molecular formula is C11H21ClN2O2. The number of hydrogen-bond donors (Lipinski definition) is 2. The number of carbonyl (C=O) groups excluding carboxylic acids is 1. The standard InChI is InChI=1S/C11H20N2O2.ClH/c14-11(9-3-1-5-12-7-9)13-10-4-2-6-15-8-10;/h9-10,12H,1-8H2,(H,13,14);1H/t9-,10?;/m1./s1. The van der Waals surface area contributed by atoms with Crippen LogP contribution in [0.5, 0.6) is 0 Å². The van der Waals surface area contributed by atoms with E-state index in [1.807, 2.05) is 0 Å². The molecule has 2 atom stereocenters. The van der Waals surface area contributed by atoms with Gasteiger partial charge in [0.25, 0.3) is 0 Å². The minimum atomic E-state index is 0. The maximum atomic E-state index is 11.9. The van der Waals surface area contributed by atoms with Gasteiger partial charge in [-0.05, 0) is 32.2 Å². The molecule has 2 fully saturated rings. The van der Waals surface area contributed by atoms with E-state index in [0.29, 0.717) is 6.61 Å². The van der Waals surface area contributed by atoms with Crippen LogP contribution in [0.1, 0.15) is 25.7 Å². The molecule has 0 bridgehead atoms. The number of ether oxygens (including phenoxy) is 1. The highest BCUT2D eigenvalue weighted by atomic mass is 35.5. The van der Waals surface area contributed by atoms with Crippen LogP contribution in [0.4, 0.5) is 0 Å². The molecule has 0 spiro atoms. The molecule has 1 amide bonds. The van der Waals surface area contributed by atoms with Gasteiger partial charge in [-0.3, -0.25) is 4.79 Å². The molecule has 5 heteroatoms. The number of halogens is 1. The maximum absolute atomic E-state index is 11.9. The van der Waals surface area contributed by atoms with Crippen molar-refractivity contribution in [3.8, 4) is 0 Å². The Hall–Kier alpha value is -0.320. The van der Waals surface area contributed by atoms with Gasteiger partial charge in [0.1, 0.15) is 0 Å². The summed E-state index contributed by atoms with van der Waals surface area (Å²) < 4.78 is 5.34. The molecule has 2 rings (SSSR count). The van der Waals surface area contributed by atoms with Crippen molar-refractivity contribution in [1.29, 1.82) is 0 Å². The van der Waals surface area contributed by atoms with Gasteiger partial charge in [0.05, 0.1) is 18.6 Å². The molecule has 4 nitrogen and oxygen atoms in total. The topological polar surface area (TPSA) is 50.4 Å². The van der Waals surface area contributed by atoms with Gasteiger partial charge < -0.3 is 15.4 Å². The fraction of sp³-hybridized carbons (Fsp3) is 0.909. The van der Waals surface area contributed by atoms with E-state index in [4.69, 9.17) is 4.74 Å². The molecule has 0 aliphatic carbocycles. The molecule has 2 aliphatic heterocycles. The molecular weight excluding hydrogens is 228 g/mol. The highest BCUT2D eigenvalue weighted by molar-refractivity contribution is 5.85. The van der Waals surface area contributed by atoms with Gasteiger partial charge in [0.2, 0.25) is 5.91 Å². The first-order valence-corrected chi connectivity index (χ1v) is 5.95. The molecule has 94 valence electrons.